The molecule has 2 aromatic heterocycles. The lowest BCUT2D eigenvalue weighted by molar-refractivity contribution is -0.108. The molecule has 7 heteroatoms. The van der Waals surface area contributed by atoms with Crippen LogP contribution in [-0.4, -0.2) is 51.6 Å². The lowest BCUT2D eigenvalue weighted by Gasteiger charge is -2.43. The normalized spacial score (nSPS) is 31.9. The SMILES string of the molecule is Cc1noc2ncnc(N3CCC[C@@H]3[C@@H]3COCC[C@]3(C)O)c12. The van der Waals surface area contributed by atoms with Crippen LogP contribution < -0.4 is 4.90 Å². The van der Waals surface area contributed by atoms with Crippen molar-refractivity contribution in [3.63, 3.8) is 0 Å². The van der Waals surface area contributed by atoms with E-state index in [-0.39, 0.29) is 12.0 Å². The number of nitrogens with zero attached hydrogens (tertiary/aromatic N) is 4. The number of hydrogen-bond donors (Lipinski definition) is 1. The second kappa shape index (κ2) is 5.42. The predicted octanol–water partition coefficient (Wildman–Crippen LogP) is 1.68. The van der Waals surface area contributed by atoms with Gasteiger partial charge in [0, 0.05) is 25.1 Å². The third-order valence-corrected chi connectivity index (χ3v) is 5.31. The standard InChI is InChI=1S/C16H22N4O3/c1-10-13-14(17-9-18-15(13)23-19-10)20-6-3-4-12(20)11-8-22-7-5-16(11,2)21/h9,11-12,21H,3-8H2,1-2H3/t11-,12+,16-/m0/s1. The Morgan fingerprint density at radius 1 is 1.39 bits per heavy atom. The van der Waals surface area contributed by atoms with Crippen LogP contribution in [0.1, 0.15) is 31.9 Å². The molecular weight excluding hydrogens is 296 g/mol. The third-order valence-electron chi connectivity index (χ3n) is 5.31. The summed E-state index contributed by atoms with van der Waals surface area (Å²) in [6.45, 7) is 5.96. The van der Waals surface area contributed by atoms with Gasteiger partial charge in [-0.1, -0.05) is 5.16 Å². The molecule has 4 rings (SSSR count). The average Bonchev–Trinajstić information content (AvgIpc) is 3.14. The fraction of sp³-hybridized carbons (Fsp3) is 0.688. The van der Waals surface area contributed by atoms with Gasteiger partial charge in [0.25, 0.3) is 5.71 Å². The van der Waals surface area contributed by atoms with Gasteiger partial charge < -0.3 is 19.3 Å². The van der Waals surface area contributed by atoms with Gasteiger partial charge in [-0.2, -0.15) is 4.98 Å². The zero-order valence-corrected chi connectivity index (χ0v) is 13.5. The number of aromatic nitrogens is 3. The molecule has 0 aromatic carbocycles. The molecule has 2 fully saturated rings. The van der Waals surface area contributed by atoms with Crippen molar-refractivity contribution in [3.05, 3.63) is 12.0 Å². The third kappa shape index (κ3) is 2.38. The van der Waals surface area contributed by atoms with Crippen molar-refractivity contribution in [3.8, 4) is 0 Å². The summed E-state index contributed by atoms with van der Waals surface area (Å²) in [5, 5.41) is 15.7. The second-order valence-electron chi connectivity index (χ2n) is 6.84. The molecule has 0 radical (unpaired) electrons. The van der Waals surface area contributed by atoms with Crippen molar-refractivity contribution in [2.75, 3.05) is 24.7 Å². The first kappa shape index (κ1) is 14.8. The number of ether oxygens (including phenoxy) is 1. The second-order valence-corrected chi connectivity index (χ2v) is 6.84. The van der Waals surface area contributed by atoms with Crippen molar-refractivity contribution in [1.82, 2.24) is 15.1 Å². The van der Waals surface area contributed by atoms with Crippen molar-refractivity contribution in [1.29, 1.82) is 0 Å². The zero-order chi connectivity index (χ0) is 16.0. The van der Waals surface area contributed by atoms with E-state index in [2.05, 4.69) is 20.0 Å². The van der Waals surface area contributed by atoms with Crippen LogP contribution in [0.25, 0.3) is 11.1 Å². The Morgan fingerprint density at radius 3 is 3.09 bits per heavy atom. The summed E-state index contributed by atoms with van der Waals surface area (Å²) in [5.41, 5.74) is 0.610. The van der Waals surface area contributed by atoms with Crippen LogP contribution in [0, 0.1) is 12.8 Å². The highest BCUT2D eigenvalue weighted by atomic mass is 16.5. The lowest BCUT2D eigenvalue weighted by Crippen LogP contribution is -2.52. The molecule has 2 aliphatic rings. The molecule has 3 atom stereocenters. The minimum Gasteiger partial charge on any atom is -0.390 e. The Morgan fingerprint density at radius 2 is 2.26 bits per heavy atom. The quantitative estimate of drug-likeness (QED) is 0.901. The van der Waals surface area contributed by atoms with Gasteiger partial charge in [-0.25, -0.2) is 4.98 Å². The van der Waals surface area contributed by atoms with E-state index >= 15 is 0 Å². The van der Waals surface area contributed by atoms with Crippen LogP contribution in [0.2, 0.25) is 0 Å². The van der Waals surface area contributed by atoms with Gasteiger partial charge in [-0.05, 0) is 33.1 Å². The molecule has 0 amide bonds. The molecule has 124 valence electrons. The Labute approximate surface area is 134 Å². The van der Waals surface area contributed by atoms with Crippen LogP contribution >= 0.6 is 0 Å². The van der Waals surface area contributed by atoms with E-state index in [1.54, 1.807) is 0 Å². The number of fused-ring (bicyclic) bond motifs is 1. The predicted molar refractivity (Wildman–Crippen MR) is 84.3 cm³/mol. The first-order valence-electron chi connectivity index (χ1n) is 8.21. The van der Waals surface area contributed by atoms with E-state index in [1.165, 1.54) is 6.33 Å². The van der Waals surface area contributed by atoms with Crippen LogP contribution in [0.3, 0.4) is 0 Å². The molecule has 0 bridgehead atoms. The van der Waals surface area contributed by atoms with E-state index < -0.39 is 5.60 Å². The summed E-state index contributed by atoms with van der Waals surface area (Å²) in [4.78, 5) is 10.9. The van der Waals surface area contributed by atoms with Crippen molar-refractivity contribution < 1.29 is 14.4 Å². The van der Waals surface area contributed by atoms with Crippen LogP contribution in [0.15, 0.2) is 10.9 Å². The van der Waals surface area contributed by atoms with Gasteiger partial charge in [0.1, 0.15) is 17.5 Å². The summed E-state index contributed by atoms with van der Waals surface area (Å²) in [5.74, 6) is 0.932. The molecule has 0 spiro atoms. The maximum Gasteiger partial charge on any atom is 0.263 e. The maximum absolute atomic E-state index is 10.8. The number of hydrogen-bond acceptors (Lipinski definition) is 7. The summed E-state index contributed by atoms with van der Waals surface area (Å²) in [7, 11) is 0. The maximum atomic E-state index is 10.8. The first-order chi connectivity index (χ1) is 11.1. The molecule has 0 unspecified atom stereocenters. The zero-order valence-electron chi connectivity index (χ0n) is 13.5. The van der Waals surface area contributed by atoms with Crippen LogP contribution in [0.4, 0.5) is 5.82 Å². The van der Waals surface area contributed by atoms with E-state index in [1.807, 2.05) is 13.8 Å². The highest BCUT2D eigenvalue weighted by Gasteiger charge is 2.45. The fourth-order valence-electron chi connectivity index (χ4n) is 3.97. The molecule has 0 aliphatic carbocycles. The first-order valence-corrected chi connectivity index (χ1v) is 8.21. The van der Waals surface area contributed by atoms with Gasteiger partial charge >= 0.3 is 0 Å². The molecule has 0 saturated carbocycles. The van der Waals surface area contributed by atoms with E-state index in [0.717, 1.165) is 36.3 Å². The van der Waals surface area contributed by atoms with E-state index in [0.29, 0.717) is 25.3 Å². The Balaban J connectivity index is 1.74. The molecule has 4 heterocycles. The van der Waals surface area contributed by atoms with Crippen LogP contribution in [-0.2, 0) is 4.74 Å². The van der Waals surface area contributed by atoms with E-state index in [9.17, 15) is 5.11 Å². The van der Waals surface area contributed by atoms with Crippen molar-refractivity contribution in [2.24, 2.45) is 5.92 Å². The topological polar surface area (TPSA) is 84.5 Å². The Hall–Kier alpha value is -1.73. The van der Waals surface area contributed by atoms with Gasteiger partial charge in [-0.15, -0.1) is 0 Å². The lowest BCUT2D eigenvalue weighted by atomic mass is 9.79. The van der Waals surface area contributed by atoms with Crippen molar-refractivity contribution in [2.45, 2.75) is 44.8 Å². The minimum atomic E-state index is -0.707. The number of rotatable bonds is 2. The molecule has 1 N–H and O–H groups in total. The summed E-state index contributed by atoms with van der Waals surface area (Å²) in [6.07, 6.45) is 4.30. The minimum absolute atomic E-state index is 0.0731. The number of aryl methyl sites for hydroxylation is 1. The van der Waals surface area contributed by atoms with Gasteiger partial charge in [0.05, 0.1) is 17.9 Å². The van der Waals surface area contributed by atoms with Gasteiger partial charge in [0.15, 0.2) is 0 Å². The van der Waals surface area contributed by atoms with Gasteiger partial charge in [-0.3, -0.25) is 0 Å². The van der Waals surface area contributed by atoms with Crippen molar-refractivity contribution >= 4 is 16.9 Å². The average molecular weight is 318 g/mol. The smallest absolute Gasteiger partial charge is 0.263 e. The molecule has 2 aromatic rings. The molecule has 23 heavy (non-hydrogen) atoms. The van der Waals surface area contributed by atoms with Gasteiger partial charge in [0.2, 0.25) is 0 Å². The largest absolute Gasteiger partial charge is 0.390 e. The Bertz CT molecular complexity index is 714. The number of aliphatic hydroxyl groups is 1. The molecule has 2 saturated heterocycles. The highest BCUT2D eigenvalue weighted by Crippen LogP contribution is 2.39. The number of anilines is 1. The van der Waals surface area contributed by atoms with E-state index in [4.69, 9.17) is 9.26 Å². The fourth-order valence-corrected chi connectivity index (χ4v) is 3.97. The summed E-state index contributed by atoms with van der Waals surface area (Å²) in [6, 6.07) is 0.206. The summed E-state index contributed by atoms with van der Waals surface area (Å²) >= 11 is 0. The highest BCUT2D eigenvalue weighted by molar-refractivity contribution is 5.88. The molecule has 2 aliphatic heterocycles. The molecule has 7 nitrogen and oxygen atoms in total. The molecular formula is C16H22N4O3. The summed E-state index contributed by atoms with van der Waals surface area (Å²) < 4.78 is 10.9. The Kier molecular flexibility index (Phi) is 3.50. The monoisotopic (exact) mass is 318 g/mol. The van der Waals surface area contributed by atoms with Crippen LogP contribution in [0.5, 0.6) is 0 Å².